The second kappa shape index (κ2) is 4.64. The predicted octanol–water partition coefficient (Wildman–Crippen LogP) is 0.175. The van der Waals surface area contributed by atoms with E-state index >= 15 is 0 Å². The van der Waals surface area contributed by atoms with Crippen molar-refractivity contribution in [3.05, 3.63) is 0 Å². The molecule has 0 spiro atoms. The van der Waals surface area contributed by atoms with E-state index in [0.29, 0.717) is 0 Å². The average Bonchev–Trinajstić information content (AvgIpc) is 1.67. The fraction of sp³-hybridized carbons (Fsp3) is 0.750. The van der Waals surface area contributed by atoms with Crippen LogP contribution < -0.4 is 0 Å². The van der Waals surface area contributed by atoms with Crippen LogP contribution in [0.2, 0.25) is 0 Å². The third kappa shape index (κ3) is 4.29. The number of rotatable bonds is 2. The monoisotopic (exact) mass is 160 g/mol. The summed E-state index contributed by atoms with van der Waals surface area (Å²) in [5, 5.41) is 0. The topological polar surface area (TPSA) is 54.4 Å². The van der Waals surface area contributed by atoms with Crippen molar-refractivity contribution in [3.8, 4) is 0 Å². The van der Waals surface area contributed by atoms with Crippen LogP contribution in [0.15, 0.2) is 0 Å². The van der Waals surface area contributed by atoms with Gasteiger partial charge in [0.05, 0.1) is 0 Å². The van der Waals surface area contributed by atoms with Gasteiger partial charge in [-0.3, -0.25) is 9.36 Å². The zero-order valence-electron chi connectivity index (χ0n) is 4.92. The van der Waals surface area contributed by atoms with Gasteiger partial charge in [-0.2, -0.15) is 0 Å². The van der Waals surface area contributed by atoms with Crippen molar-refractivity contribution >= 4 is 42.5 Å². The van der Waals surface area contributed by atoms with Crippen LogP contribution >= 0.6 is 7.37 Å². The van der Waals surface area contributed by atoms with Gasteiger partial charge in [0.2, 0.25) is 5.52 Å². The Morgan fingerprint density at radius 3 is 2.00 bits per heavy atom. The molecule has 0 aromatic rings. The molecule has 0 saturated carbocycles. The van der Waals surface area contributed by atoms with E-state index in [4.69, 9.17) is 4.89 Å². The van der Waals surface area contributed by atoms with Crippen molar-refractivity contribution < 1.29 is 14.3 Å². The Kier molecular flexibility index (Phi) is 6.46. The summed E-state index contributed by atoms with van der Waals surface area (Å²) in [5.74, 6) is 0. The molecule has 1 N–H and O–H groups in total. The third-order valence-corrected chi connectivity index (χ3v) is 2.76. The minimum absolute atomic E-state index is 0. The van der Waals surface area contributed by atoms with E-state index in [1.54, 1.807) is 0 Å². The Morgan fingerprint density at radius 1 is 1.67 bits per heavy atom. The van der Waals surface area contributed by atoms with Crippen molar-refractivity contribution in [2.24, 2.45) is 0 Å². The zero-order chi connectivity index (χ0) is 6.78. The van der Waals surface area contributed by atoms with Crippen molar-refractivity contribution in [1.29, 1.82) is 0 Å². The molecule has 50 valence electrons. The van der Waals surface area contributed by atoms with Crippen LogP contribution in [0.3, 0.4) is 0 Å². The average molecular weight is 160 g/mol. The molecule has 0 heterocycles. The zero-order valence-corrected chi connectivity index (χ0v) is 5.81. The predicted molar refractivity (Wildman–Crippen MR) is 38.2 cm³/mol. The Hall–Kier alpha value is 0.860. The van der Waals surface area contributed by atoms with Gasteiger partial charge in [-0.25, -0.2) is 0 Å². The summed E-state index contributed by atoms with van der Waals surface area (Å²) in [4.78, 5) is 18.8. The fourth-order valence-electron chi connectivity index (χ4n) is 0.223. The summed E-state index contributed by atoms with van der Waals surface area (Å²) in [6.45, 7) is 2.65. The molecular formula is C4H10NaO3P. The van der Waals surface area contributed by atoms with Crippen LogP contribution in [0, 0.1) is 0 Å². The van der Waals surface area contributed by atoms with E-state index < -0.39 is 12.9 Å². The van der Waals surface area contributed by atoms with E-state index in [2.05, 4.69) is 0 Å². The van der Waals surface area contributed by atoms with E-state index in [-0.39, 0.29) is 35.7 Å². The molecule has 0 aliphatic heterocycles. The normalized spacial score (nSPS) is 15.4. The first-order valence-corrected chi connectivity index (χ1v) is 4.18. The van der Waals surface area contributed by atoms with Gasteiger partial charge in [0.1, 0.15) is 0 Å². The molecule has 0 aliphatic rings. The second-order valence-electron chi connectivity index (χ2n) is 1.54. The quantitative estimate of drug-likeness (QED) is 0.463. The molecular weight excluding hydrogens is 150 g/mol. The molecule has 3 nitrogen and oxygen atoms in total. The van der Waals surface area contributed by atoms with Gasteiger partial charge in [-0.15, -0.1) is 0 Å². The summed E-state index contributed by atoms with van der Waals surface area (Å²) in [6, 6.07) is 0. The Labute approximate surface area is 76.6 Å². The Balaban J connectivity index is 0. The molecule has 0 fully saturated rings. The number of carbonyl (C=O) groups excluding carboxylic acids is 1. The van der Waals surface area contributed by atoms with Crippen LogP contribution in [-0.4, -0.2) is 46.1 Å². The standard InChI is InChI=1S/C4H9O3P.Na.H/c1-3-8(6,7)4(2)5;;/h3H2,1-2H3,(H,6,7);;. The van der Waals surface area contributed by atoms with Crippen LogP contribution in [0.25, 0.3) is 0 Å². The number of hydrogen-bond acceptors (Lipinski definition) is 2. The molecule has 0 radical (unpaired) electrons. The van der Waals surface area contributed by atoms with Gasteiger partial charge in [0.15, 0.2) is 0 Å². The first-order chi connectivity index (χ1) is 3.50. The molecule has 0 aromatic carbocycles. The summed E-state index contributed by atoms with van der Waals surface area (Å²) >= 11 is 0. The Morgan fingerprint density at radius 2 is 2.00 bits per heavy atom. The van der Waals surface area contributed by atoms with Crippen molar-refractivity contribution in [3.63, 3.8) is 0 Å². The van der Waals surface area contributed by atoms with Gasteiger partial charge in [-0.05, 0) is 0 Å². The molecule has 9 heavy (non-hydrogen) atoms. The summed E-state index contributed by atoms with van der Waals surface area (Å²) in [6.07, 6.45) is 0.0440. The van der Waals surface area contributed by atoms with Crippen LogP contribution in [0.1, 0.15) is 13.8 Å². The van der Waals surface area contributed by atoms with E-state index in [9.17, 15) is 9.36 Å². The molecule has 1 atom stereocenters. The first kappa shape index (κ1) is 12.5. The minimum atomic E-state index is -3.38. The maximum atomic E-state index is 10.5. The SMILES string of the molecule is CCP(=O)(O)C(C)=O.[NaH]. The number of carbonyl (C=O) groups is 1. The van der Waals surface area contributed by atoms with Gasteiger partial charge in [0, 0.05) is 13.1 Å². The fourth-order valence-corrected chi connectivity index (χ4v) is 0.668. The summed E-state index contributed by atoms with van der Waals surface area (Å²) in [5.41, 5.74) is -0.611. The summed E-state index contributed by atoms with van der Waals surface area (Å²) < 4.78 is 10.5. The second-order valence-corrected chi connectivity index (χ2v) is 4.20. The van der Waals surface area contributed by atoms with Crippen LogP contribution in [0.5, 0.6) is 0 Å². The molecule has 0 rings (SSSR count). The third-order valence-electron chi connectivity index (χ3n) is 0.921. The molecule has 0 amide bonds. The van der Waals surface area contributed by atoms with E-state index in [1.807, 2.05) is 0 Å². The summed E-state index contributed by atoms with van der Waals surface area (Å²) in [7, 11) is -3.38. The molecule has 1 unspecified atom stereocenters. The van der Waals surface area contributed by atoms with Gasteiger partial charge >= 0.3 is 29.6 Å². The van der Waals surface area contributed by atoms with Gasteiger partial charge < -0.3 is 4.89 Å². The van der Waals surface area contributed by atoms with E-state index in [1.165, 1.54) is 6.92 Å². The maximum absolute atomic E-state index is 10.5. The van der Waals surface area contributed by atoms with Crippen molar-refractivity contribution in [2.75, 3.05) is 6.16 Å². The Bertz CT molecular complexity index is 145. The van der Waals surface area contributed by atoms with E-state index in [0.717, 1.165) is 6.92 Å². The molecule has 0 aliphatic carbocycles. The van der Waals surface area contributed by atoms with Crippen molar-refractivity contribution in [2.45, 2.75) is 13.8 Å². The van der Waals surface area contributed by atoms with Gasteiger partial charge in [0.25, 0.3) is 7.37 Å². The molecule has 5 heteroatoms. The number of hydrogen-bond donors (Lipinski definition) is 1. The molecule has 0 aromatic heterocycles. The first-order valence-electron chi connectivity index (χ1n) is 2.33. The van der Waals surface area contributed by atoms with Crippen LogP contribution in [0.4, 0.5) is 0 Å². The molecule has 0 saturated heterocycles. The molecule has 0 bridgehead atoms. The van der Waals surface area contributed by atoms with Gasteiger partial charge in [-0.1, -0.05) is 6.92 Å². The van der Waals surface area contributed by atoms with Crippen molar-refractivity contribution in [1.82, 2.24) is 0 Å². The van der Waals surface area contributed by atoms with Crippen LogP contribution in [-0.2, 0) is 9.36 Å².